The van der Waals surface area contributed by atoms with Crippen LogP contribution in [0.4, 0.5) is 5.13 Å². The molecule has 0 aliphatic heterocycles. The standard InChI is InChI=1S/C12H15N3O2S/c1-6(2)9-5-13-12(18-9)14-11(16)10-7(3)15-17-8(10)4/h5-6H,1-4H3,(H,13,14,16). The predicted molar refractivity (Wildman–Crippen MR) is 70.1 cm³/mol. The van der Waals surface area contributed by atoms with Crippen LogP contribution in [0, 0.1) is 13.8 Å². The number of hydrogen-bond acceptors (Lipinski definition) is 5. The summed E-state index contributed by atoms with van der Waals surface area (Å²) in [6.07, 6.45) is 1.79. The Morgan fingerprint density at radius 1 is 1.44 bits per heavy atom. The van der Waals surface area contributed by atoms with E-state index in [1.165, 1.54) is 11.3 Å². The largest absolute Gasteiger partial charge is 0.361 e. The minimum atomic E-state index is -0.226. The highest BCUT2D eigenvalue weighted by Crippen LogP contribution is 2.26. The Morgan fingerprint density at radius 2 is 2.17 bits per heavy atom. The number of nitrogens with zero attached hydrogens (tertiary/aromatic N) is 2. The molecule has 0 spiro atoms. The predicted octanol–water partition coefficient (Wildman–Crippen LogP) is 3.12. The van der Waals surface area contributed by atoms with Gasteiger partial charge in [-0.3, -0.25) is 10.1 Å². The molecule has 2 rings (SSSR count). The quantitative estimate of drug-likeness (QED) is 0.925. The molecule has 2 aromatic heterocycles. The first-order chi connectivity index (χ1) is 8.49. The van der Waals surface area contributed by atoms with Crippen LogP contribution in [0.15, 0.2) is 10.7 Å². The van der Waals surface area contributed by atoms with Crippen molar-refractivity contribution in [1.82, 2.24) is 10.1 Å². The van der Waals surface area contributed by atoms with E-state index in [1.807, 2.05) is 0 Å². The van der Waals surface area contributed by atoms with E-state index in [0.29, 0.717) is 28.1 Å². The molecular weight excluding hydrogens is 250 g/mol. The Bertz CT molecular complexity index is 552. The molecule has 2 aromatic rings. The average Bonchev–Trinajstić information content (AvgIpc) is 2.86. The van der Waals surface area contributed by atoms with Crippen LogP contribution in [0.5, 0.6) is 0 Å². The van der Waals surface area contributed by atoms with E-state index < -0.39 is 0 Å². The fourth-order valence-corrected chi connectivity index (χ4v) is 2.39. The number of thiazole rings is 1. The molecule has 0 aromatic carbocycles. The maximum Gasteiger partial charge on any atom is 0.262 e. The Kier molecular flexibility index (Phi) is 3.47. The SMILES string of the molecule is Cc1noc(C)c1C(=O)Nc1ncc(C(C)C)s1. The van der Waals surface area contributed by atoms with Crippen LogP contribution in [0.25, 0.3) is 0 Å². The van der Waals surface area contributed by atoms with Crippen LogP contribution in [-0.2, 0) is 0 Å². The van der Waals surface area contributed by atoms with Gasteiger partial charge in [-0.15, -0.1) is 11.3 Å². The minimum Gasteiger partial charge on any atom is -0.361 e. The van der Waals surface area contributed by atoms with Gasteiger partial charge in [0, 0.05) is 11.1 Å². The van der Waals surface area contributed by atoms with Crippen LogP contribution in [0.3, 0.4) is 0 Å². The molecule has 0 saturated heterocycles. The highest BCUT2D eigenvalue weighted by Gasteiger charge is 2.18. The molecule has 6 heteroatoms. The van der Waals surface area contributed by atoms with Gasteiger partial charge in [-0.25, -0.2) is 4.98 Å². The number of carbonyl (C=O) groups is 1. The molecule has 1 N–H and O–H groups in total. The molecule has 2 heterocycles. The second-order valence-corrected chi connectivity index (χ2v) is 5.44. The van der Waals surface area contributed by atoms with Crippen molar-refractivity contribution < 1.29 is 9.32 Å². The molecule has 0 unspecified atom stereocenters. The molecule has 1 amide bonds. The molecule has 0 aliphatic carbocycles. The van der Waals surface area contributed by atoms with Gasteiger partial charge in [-0.2, -0.15) is 0 Å². The van der Waals surface area contributed by atoms with Crippen molar-refractivity contribution in [2.45, 2.75) is 33.6 Å². The van der Waals surface area contributed by atoms with Crippen LogP contribution in [-0.4, -0.2) is 16.0 Å². The van der Waals surface area contributed by atoms with E-state index in [9.17, 15) is 4.79 Å². The van der Waals surface area contributed by atoms with Crippen LogP contribution in [0.2, 0.25) is 0 Å². The Balaban J connectivity index is 2.16. The molecule has 18 heavy (non-hydrogen) atoms. The third-order valence-corrected chi connectivity index (χ3v) is 3.79. The van der Waals surface area contributed by atoms with Gasteiger partial charge in [-0.1, -0.05) is 19.0 Å². The van der Waals surface area contributed by atoms with E-state index >= 15 is 0 Å². The molecule has 0 atom stereocenters. The van der Waals surface area contributed by atoms with Gasteiger partial charge in [0.15, 0.2) is 5.13 Å². The zero-order valence-electron chi connectivity index (χ0n) is 10.8. The number of nitrogens with one attached hydrogen (secondary N) is 1. The topological polar surface area (TPSA) is 68.0 Å². The molecular formula is C12H15N3O2S. The summed E-state index contributed by atoms with van der Waals surface area (Å²) in [6.45, 7) is 7.64. The smallest absolute Gasteiger partial charge is 0.262 e. The summed E-state index contributed by atoms with van der Waals surface area (Å²) in [5.74, 6) is 0.703. The second kappa shape index (κ2) is 4.89. The van der Waals surface area contributed by atoms with Crippen LogP contribution in [0.1, 0.15) is 46.5 Å². The Hall–Kier alpha value is -1.69. The lowest BCUT2D eigenvalue weighted by atomic mass is 10.2. The number of rotatable bonds is 3. The summed E-state index contributed by atoms with van der Waals surface area (Å²) in [6, 6.07) is 0. The maximum atomic E-state index is 12.1. The molecule has 0 saturated carbocycles. The van der Waals surface area contributed by atoms with Crippen molar-refractivity contribution in [2.24, 2.45) is 0 Å². The molecule has 0 fully saturated rings. The average molecular weight is 265 g/mol. The first kappa shape index (κ1) is 12.8. The van der Waals surface area contributed by atoms with Gasteiger partial charge in [0.2, 0.25) is 0 Å². The molecule has 0 aliphatic rings. The lowest BCUT2D eigenvalue weighted by Gasteiger charge is -2.00. The van der Waals surface area contributed by atoms with Gasteiger partial charge in [0.25, 0.3) is 5.91 Å². The maximum absolute atomic E-state index is 12.1. The summed E-state index contributed by atoms with van der Waals surface area (Å²) in [5, 5.41) is 7.13. The summed E-state index contributed by atoms with van der Waals surface area (Å²) in [5.41, 5.74) is 1.07. The zero-order valence-corrected chi connectivity index (χ0v) is 11.6. The fourth-order valence-electron chi connectivity index (χ4n) is 1.58. The Labute approximate surface area is 109 Å². The summed E-state index contributed by atoms with van der Waals surface area (Å²) < 4.78 is 4.97. The van der Waals surface area contributed by atoms with Crippen LogP contribution < -0.4 is 5.32 Å². The zero-order chi connectivity index (χ0) is 13.3. The van der Waals surface area contributed by atoms with E-state index in [4.69, 9.17) is 4.52 Å². The number of aromatic nitrogens is 2. The van der Waals surface area contributed by atoms with E-state index in [0.717, 1.165) is 4.88 Å². The molecule has 96 valence electrons. The van der Waals surface area contributed by atoms with Crippen LogP contribution >= 0.6 is 11.3 Å². The molecule has 0 bridgehead atoms. The summed E-state index contributed by atoms with van der Waals surface area (Å²) >= 11 is 1.48. The van der Waals surface area contributed by atoms with Crippen molar-refractivity contribution in [3.63, 3.8) is 0 Å². The van der Waals surface area contributed by atoms with Crippen molar-refractivity contribution in [1.29, 1.82) is 0 Å². The third-order valence-electron chi connectivity index (χ3n) is 2.57. The third kappa shape index (κ3) is 2.43. The number of hydrogen-bond donors (Lipinski definition) is 1. The van der Waals surface area contributed by atoms with Crippen molar-refractivity contribution in [3.05, 3.63) is 28.1 Å². The number of amides is 1. The lowest BCUT2D eigenvalue weighted by molar-refractivity contribution is 0.102. The van der Waals surface area contributed by atoms with Gasteiger partial charge < -0.3 is 4.52 Å². The monoisotopic (exact) mass is 265 g/mol. The van der Waals surface area contributed by atoms with Crippen molar-refractivity contribution in [3.8, 4) is 0 Å². The van der Waals surface area contributed by atoms with Gasteiger partial charge >= 0.3 is 0 Å². The molecule has 0 radical (unpaired) electrons. The highest BCUT2D eigenvalue weighted by molar-refractivity contribution is 7.15. The van der Waals surface area contributed by atoms with Gasteiger partial charge in [0.05, 0.1) is 5.69 Å². The first-order valence-electron chi connectivity index (χ1n) is 5.69. The normalized spacial score (nSPS) is 10.9. The number of anilines is 1. The Morgan fingerprint density at radius 3 is 2.67 bits per heavy atom. The highest BCUT2D eigenvalue weighted by atomic mass is 32.1. The lowest BCUT2D eigenvalue weighted by Crippen LogP contribution is -2.13. The number of carbonyl (C=O) groups excluding carboxylic acids is 1. The van der Waals surface area contributed by atoms with E-state index in [1.54, 1.807) is 20.0 Å². The van der Waals surface area contributed by atoms with E-state index in [2.05, 4.69) is 29.3 Å². The first-order valence-corrected chi connectivity index (χ1v) is 6.50. The van der Waals surface area contributed by atoms with Crippen molar-refractivity contribution in [2.75, 3.05) is 5.32 Å². The molecule has 5 nitrogen and oxygen atoms in total. The van der Waals surface area contributed by atoms with Gasteiger partial charge in [0.1, 0.15) is 11.3 Å². The summed E-state index contributed by atoms with van der Waals surface area (Å²) in [7, 11) is 0. The summed E-state index contributed by atoms with van der Waals surface area (Å²) in [4.78, 5) is 17.4. The fraction of sp³-hybridized carbons (Fsp3) is 0.417. The van der Waals surface area contributed by atoms with E-state index in [-0.39, 0.29) is 5.91 Å². The van der Waals surface area contributed by atoms with Crippen molar-refractivity contribution >= 4 is 22.4 Å². The second-order valence-electron chi connectivity index (χ2n) is 4.38. The van der Waals surface area contributed by atoms with Gasteiger partial charge in [-0.05, 0) is 19.8 Å². The number of aryl methyl sites for hydroxylation is 2. The minimum absolute atomic E-state index is 0.226.